The number of pyridine rings is 1. The lowest BCUT2D eigenvalue weighted by Crippen LogP contribution is -2.31. The molecule has 0 spiro atoms. The molecule has 124 valence electrons. The third kappa shape index (κ3) is 2.57. The summed E-state index contributed by atoms with van der Waals surface area (Å²) in [7, 11) is 0. The van der Waals surface area contributed by atoms with Crippen LogP contribution in [0.1, 0.15) is 68.2 Å². The van der Waals surface area contributed by atoms with Crippen molar-refractivity contribution >= 4 is 27.2 Å². The van der Waals surface area contributed by atoms with Crippen molar-refractivity contribution in [2.75, 3.05) is 5.73 Å². The molecule has 23 heavy (non-hydrogen) atoms. The van der Waals surface area contributed by atoms with E-state index in [1.54, 1.807) is 10.4 Å². The number of thiophene rings is 1. The van der Waals surface area contributed by atoms with E-state index in [4.69, 9.17) is 5.73 Å². The fourth-order valence-corrected chi connectivity index (χ4v) is 5.82. The molecule has 2 aromatic rings. The maximum atomic E-state index is 6.75. The minimum Gasteiger partial charge on any atom is -0.398 e. The Hall–Kier alpha value is -1.09. The number of aryl methyl sites for hydroxylation is 3. The van der Waals surface area contributed by atoms with Gasteiger partial charge in [0.2, 0.25) is 0 Å². The summed E-state index contributed by atoms with van der Waals surface area (Å²) in [4.78, 5) is 6.70. The first kappa shape index (κ1) is 15.4. The zero-order chi connectivity index (χ0) is 16.2. The molecule has 0 aromatic carbocycles. The molecule has 2 aromatic heterocycles. The van der Waals surface area contributed by atoms with Gasteiger partial charge in [0.15, 0.2) is 5.69 Å². The average Bonchev–Trinajstić information content (AvgIpc) is 2.68. The number of rotatable bonds is 0. The van der Waals surface area contributed by atoms with Gasteiger partial charge in [-0.3, -0.25) is 0 Å². The van der Waals surface area contributed by atoms with Gasteiger partial charge in [-0.2, -0.15) is 4.98 Å². The van der Waals surface area contributed by atoms with Crippen LogP contribution in [0.2, 0.25) is 0 Å². The van der Waals surface area contributed by atoms with Crippen LogP contribution in [-0.4, -0.2) is 0 Å². The maximum Gasteiger partial charge on any atom is 0.270 e. The molecule has 0 bridgehead atoms. The highest BCUT2D eigenvalue weighted by Gasteiger charge is 2.34. The molecule has 2 nitrogen and oxygen atoms in total. The van der Waals surface area contributed by atoms with Crippen LogP contribution in [0.4, 0.5) is 5.69 Å². The van der Waals surface area contributed by atoms with Crippen LogP contribution in [0, 0.1) is 11.3 Å². The summed E-state index contributed by atoms with van der Waals surface area (Å²) in [6.07, 6.45) is 10.1. The largest absolute Gasteiger partial charge is 0.398 e. The van der Waals surface area contributed by atoms with E-state index in [1.807, 2.05) is 11.3 Å². The van der Waals surface area contributed by atoms with Crippen molar-refractivity contribution in [2.45, 2.75) is 72.1 Å². The van der Waals surface area contributed by atoms with Gasteiger partial charge in [0, 0.05) is 16.9 Å². The molecule has 0 amide bonds. The second-order valence-electron chi connectivity index (χ2n) is 8.57. The summed E-state index contributed by atoms with van der Waals surface area (Å²) >= 11 is 1.97. The number of fused-ring (bicyclic) bond motifs is 4. The predicted molar refractivity (Wildman–Crippen MR) is 99.0 cm³/mol. The smallest absolute Gasteiger partial charge is 0.270 e. The fraction of sp³-hybridized carbons (Fsp3) is 0.650. The molecular formula is C20H29N2S+. The van der Waals surface area contributed by atoms with Crippen molar-refractivity contribution in [1.82, 2.24) is 0 Å². The summed E-state index contributed by atoms with van der Waals surface area (Å²) in [6, 6.07) is 0. The summed E-state index contributed by atoms with van der Waals surface area (Å²) < 4.78 is 0. The Labute approximate surface area is 143 Å². The molecule has 2 aliphatic carbocycles. The number of hydrogen-bond donors (Lipinski definition) is 1. The van der Waals surface area contributed by atoms with Gasteiger partial charge in [0.05, 0.1) is 11.1 Å². The molecule has 3 N–H and O–H groups in total. The van der Waals surface area contributed by atoms with Gasteiger partial charge in [-0.05, 0) is 55.4 Å². The molecule has 3 heteroatoms. The van der Waals surface area contributed by atoms with Crippen molar-refractivity contribution in [2.24, 2.45) is 11.3 Å². The second-order valence-corrected chi connectivity index (χ2v) is 9.68. The molecule has 0 unspecified atom stereocenters. The van der Waals surface area contributed by atoms with E-state index in [-0.39, 0.29) is 0 Å². The number of aromatic amines is 1. The lowest BCUT2D eigenvalue weighted by Gasteiger charge is -2.33. The lowest BCUT2D eigenvalue weighted by atomic mass is 9.71. The molecule has 0 aliphatic heterocycles. The van der Waals surface area contributed by atoms with Gasteiger partial charge in [0.25, 0.3) is 4.83 Å². The van der Waals surface area contributed by atoms with Gasteiger partial charge in [-0.25, -0.2) is 0 Å². The van der Waals surface area contributed by atoms with Crippen molar-refractivity contribution in [3.8, 4) is 0 Å². The van der Waals surface area contributed by atoms with E-state index in [9.17, 15) is 0 Å². The summed E-state index contributed by atoms with van der Waals surface area (Å²) in [5.41, 5.74) is 12.6. The highest BCUT2D eigenvalue weighted by molar-refractivity contribution is 7.18. The molecule has 0 fully saturated rings. The van der Waals surface area contributed by atoms with Gasteiger partial charge in [-0.15, -0.1) is 0 Å². The Morgan fingerprint density at radius 2 is 1.83 bits per heavy atom. The molecule has 0 radical (unpaired) electrons. The first-order valence-corrected chi connectivity index (χ1v) is 10.0. The lowest BCUT2D eigenvalue weighted by molar-refractivity contribution is -0.356. The standard InChI is InChI=1S/C20H28N2S/c1-20(2,3)12-9-10-15-14(11-12)18(21)17-13-7-5-4-6-8-16(13)23-19(17)22-15/h12H,4-11H2,1-3H3,(H2,21,22)/p+1/t12-/m1/s1. The van der Waals surface area contributed by atoms with Crippen LogP contribution < -0.4 is 10.7 Å². The number of nitrogen functional groups attached to an aromatic ring is 1. The zero-order valence-corrected chi connectivity index (χ0v) is 15.5. The SMILES string of the molecule is CC(C)(C)[C@@H]1CCc2[nH+]c3sc4c(c3c(N)c2C1)CCCCC4. The molecule has 2 heterocycles. The van der Waals surface area contributed by atoms with E-state index in [0.717, 1.165) is 24.4 Å². The number of nitrogens with two attached hydrogens (primary N) is 1. The number of nitrogens with one attached hydrogen (secondary N) is 1. The van der Waals surface area contributed by atoms with Gasteiger partial charge < -0.3 is 5.73 Å². The van der Waals surface area contributed by atoms with Crippen LogP contribution in [0.15, 0.2) is 0 Å². The summed E-state index contributed by atoms with van der Waals surface area (Å²) in [6.45, 7) is 7.12. The number of hydrogen-bond acceptors (Lipinski definition) is 2. The first-order valence-electron chi connectivity index (χ1n) is 9.22. The Morgan fingerprint density at radius 1 is 1.04 bits per heavy atom. The van der Waals surface area contributed by atoms with Crippen LogP contribution in [0.25, 0.3) is 10.2 Å². The Balaban J connectivity index is 1.85. The fourth-order valence-electron chi connectivity index (χ4n) is 4.49. The molecule has 2 aliphatic rings. The summed E-state index contributed by atoms with van der Waals surface area (Å²) in [5.74, 6) is 0.736. The van der Waals surface area contributed by atoms with Crippen LogP contribution in [-0.2, 0) is 25.7 Å². The topological polar surface area (TPSA) is 40.2 Å². The van der Waals surface area contributed by atoms with Crippen molar-refractivity contribution in [3.05, 3.63) is 21.7 Å². The monoisotopic (exact) mass is 329 g/mol. The molecular weight excluding hydrogens is 300 g/mol. The molecule has 0 saturated carbocycles. The van der Waals surface area contributed by atoms with E-state index in [0.29, 0.717) is 5.41 Å². The summed E-state index contributed by atoms with van der Waals surface area (Å²) in [5, 5.41) is 1.38. The number of anilines is 1. The van der Waals surface area contributed by atoms with Crippen molar-refractivity contribution in [3.63, 3.8) is 0 Å². The minimum atomic E-state index is 0.366. The minimum absolute atomic E-state index is 0.366. The number of H-pyrrole nitrogens is 1. The Morgan fingerprint density at radius 3 is 2.61 bits per heavy atom. The quantitative estimate of drug-likeness (QED) is 0.698. The van der Waals surface area contributed by atoms with Gasteiger partial charge >= 0.3 is 0 Å². The van der Waals surface area contributed by atoms with E-state index in [1.165, 1.54) is 60.0 Å². The van der Waals surface area contributed by atoms with Gasteiger partial charge in [0.1, 0.15) is 0 Å². The Kier molecular flexibility index (Phi) is 3.67. The first-order chi connectivity index (χ1) is 10.9. The van der Waals surface area contributed by atoms with Gasteiger partial charge in [-0.1, -0.05) is 38.5 Å². The maximum absolute atomic E-state index is 6.75. The predicted octanol–water partition coefficient (Wildman–Crippen LogP) is 4.72. The third-order valence-corrected chi connectivity index (χ3v) is 7.27. The normalized spacial score (nSPS) is 21.8. The van der Waals surface area contributed by atoms with E-state index in [2.05, 4.69) is 25.8 Å². The van der Waals surface area contributed by atoms with E-state index >= 15 is 0 Å². The van der Waals surface area contributed by atoms with Crippen LogP contribution in [0.3, 0.4) is 0 Å². The highest BCUT2D eigenvalue weighted by Crippen LogP contribution is 2.43. The van der Waals surface area contributed by atoms with Crippen molar-refractivity contribution < 1.29 is 4.98 Å². The molecule has 1 atom stereocenters. The van der Waals surface area contributed by atoms with E-state index < -0.39 is 0 Å². The van der Waals surface area contributed by atoms with Crippen molar-refractivity contribution in [1.29, 1.82) is 0 Å². The number of aromatic nitrogens is 1. The third-order valence-electron chi connectivity index (χ3n) is 6.06. The second kappa shape index (κ2) is 5.47. The highest BCUT2D eigenvalue weighted by atomic mass is 32.1. The molecule has 4 rings (SSSR count). The Bertz CT molecular complexity index is 751. The van der Waals surface area contributed by atoms with Crippen LogP contribution >= 0.6 is 11.3 Å². The zero-order valence-electron chi connectivity index (χ0n) is 14.7. The average molecular weight is 330 g/mol. The van der Waals surface area contributed by atoms with Crippen LogP contribution in [0.5, 0.6) is 0 Å². The molecule has 0 saturated heterocycles.